The second kappa shape index (κ2) is 4.84. The molecular weight excluding hydrogens is 226 g/mol. The summed E-state index contributed by atoms with van der Waals surface area (Å²) in [4.78, 5) is 8.29. The predicted molar refractivity (Wildman–Crippen MR) is 68.2 cm³/mol. The molecule has 0 saturated heterocycles. The van der Waals surface area contributed by atoms with Gasteiger partial charge in [-0.3, -0.25) is 4.98 Å². The minimum Gasteiger partial charge on any atom is -0.495 e. The van der Waals surface area contributed by atoms with Crippen LogP contribution in [-0.2, 0) is 0 Å². The molecule has 0 amide bonds. The molecule has 4 nitrogen and oxygen atoms in total. The van der Waals surface area contributed by atoms with Crippen LogP contribution in [0.2, 0.25) is 0 Å². The zero-order valence-corrected chi connectivity index (χ0v) is 10.6. The quantitative estimate of drug-likeness (QED) is 0.808. The molecule has 2 rings (SSSR count). The zero-order chi connectivity index (χ0) is 13.1. The first-order valence-corrected chi connectivity index (χ1v) is 5.53. The molecular formula is C14H13N3O. The number of hydrogen-bond donors (Lipinski definition) is 0. The van der Waals surface area contributed by atoms with E-state index in [1.807, 2.05) is 19.9 Å². The van der Waals surface area contributed by atoms with E-state index in [4.69, 9.17) is 10.00 Å². The minimum atomic E-state index is 0.409. The van der Waals surface area contributed by atoms with E-state index in [9.17, 15) is 0 Å². The number of ether oxygens (including phenoxy) is 1. The van der Waals surface area contributed by atoms with Crippen LogP contribution in [0.1, 0.15) is 17.0 Å². The molecule has 0 radical (unpaired) electrons. The van der Waals surface area contributed by atoms with Gasteiger partial charge in [-0.25, -0.2) is 4.98 Å². The third-order valence-corrected chi connectivity index (χ3v) is 2.77. The third-order valence-electron chi connectivity index (χ3n) is 2.77. The molecule has 2 aromatic rings. The van der Waals surface area contributed by atoms with Gasteiger partial charge in [0.05, 0.1) is 13.3 Å². The van der Waals surface area contributed by atoms with Gasteiger partial charge in [0, 0.05) is 23.0 Å². The van der Waals surface area contributed by atoms with Crippen LogP contribution in [0.25, 0.3) is 11.1 Å². The largest absolute Gasteiger partial charge is 0.495 e. The number of aryl methyl sites for hydroxylation is 1. The Bertz CT molecular complexity index is 629. The normalized spacial score (nSPS) is 9.89. The summed E-state index contributed by atoms with van der Waals surface area (Å²) in [5.41, 5.74) is 4.11. The van der Waals surface area contributed by atoms with E-state index >= 15 is 0 Å². The molecule has 90 valence electrons. The molecule has 0 saturated carbocycles. The van der Waals surface area contributed by atoms with Crippen molar-refractivity contribution in [3.8, 4) is 22.9 Å². The molecule has 0 unspecified atom stereocenters. The highest BCUT2D eigenvalue weighted by Crippen LogP contribution is 2.29. The highest BCUT2D eigenvalue weighted by atomic mass is 16.5. The van der Waals surface area contributed by atoms with E-state index in [0.717, 1.165) is 28.1 Å². The molecule has 0 bridgehead atoms. The lowest BCUT2D eigenvalue weighted by Gasteiger charge is -2.10. The van der Waals surface area contributed by atoms with Crippen molar-refractivity contribution in [2.24, 2.45) is 0 Å². The summed E-state index contributed by atoms with van der Waals surface area (Å²) in [5, 5.41) is 8.95. The monoisotopic (exact) mass is 239 g/mol. The van der Waals surface area contributed by atoms with Gasteiger partial charge in [0.1, 0.15) is 17.5 Å². The molecule has 0 atom stereocenters. The lowest BCUT2D eigenvalue weighted by atomic mass is 10.0. The Kier molecular flexibility index (Phi) is 3.24. The number of aromatic nitrogens is 2. The molecule has 18 heavy (non-hydrogen) atoms. The molecule has 0 N–H and O–H groups in total. The molecule has 0 spiro atoms. The molecule has 0 aliphatic rings. The van der Waals surface area contributed by atoms with Crippen LogP contribution in [0, 0.1) is 25.2 Å². The topological polar surface area (TPSA) is 58.8 Å². The van der Waals surface area contributed by atoms with E-state index in [2.05, 4.69) is 16.0 Å². The SMILES string of the molecule is COc1cncc(-c2cc(C)nc(C#N)c2)c1C. The molecule has 0 aromatic carbocycles. The fourth-order valence-electron chi connectivity index (χ4n) is 1.88. The zero-order valence-electron chi connectivity index (χ0n) is 10.6. The summed E-state index contributed by atoms with van der Waals surface area (Å²) < 4.78 is 5.25. The molecule has 2 heterocycles. The van der Waals surface area contributed by atoms with E-state index in [1.165, 1.54) is 0 Å². The summed E-state index contributed by atoms with van der Waals surface area (Å²) >= 11 is 0. The van der Waals surface area contributed by atoms with Crippen molar-refractivity contribution in [3.05, 3.63) is 41.5 Å². The van der Waals surface area contributed by atoms with Crippen molar-refractivity contribution in [3.63, 3.8) is 0 Å². The number of nitrogens with zero attached hydrogens (tertiary/aromatic N) is 3. The van der Waals surface area contributed by atoms with Crippen molar-refractivity contribution >= 4 is 0 Å². The number of nitriles is 1. The Morgan fingerprint density at radius 1 is 1.22 bits per heavy atom. The van der Waals surface area contributed by atoms with Crippen molar-refractivity contribution < 1.29 is 4.74 Å². The first-order valence-electron chi connectivity index (χ1n) is 5.53. The van der Waals surface area contributed by atoms with E-state index < -0.39 is 0 Å². The average Bonchev–Trinajstić information content (AvgIpc) is 2.38. The number of rotatable bonds is 2. The number of methoxy groups -OCH3 is 1. The van der Waals surface area contributed by atoms with Crippen molar-refractivity contribution in [2.45, 2.75) is 13.8 Å². The number of pyridine rings is 2. The van der Waals surface area contributed by atoms with Crippen LogP contribution in [0.15, 0.2) is 24.5 Å². The molecule has 2 aromatic heterocycles. The van der Waals surface area contributed by atoms with Crippen LogP contribution < -0.4 is 4.74 Å². The molecule has 4 heteroatoms. The predicted octanol–water partition coefficient (Wildman–Crippen LogP) is 2.64. The van der Waals surface area contributed by atoms with Crippen LogP contribution >= 0.6 is 0 Å². The summed E-state index contributed by atoms with van der Waals surface area (Å²) in [7, 11) is 1.62. The Morgan fingerprint density at radius 3 is 2.67 bits per heavy atom. The standard InChI is InChI=1S/C14H13N3O/c1-9-4-11(5-12(6-15)17-9)13-7-16-8-14(18-3)10(13)2/h4-5,7-8H,1-3H3. The van der Waals surface area contributed by atoms with Crippen LogP contribution in [0.5, 0.6) is 5.75 Å². The van der Waals surface area contributed by atoms with Crippen molar-refractivity contribution in [2.75, 3.05) is 7.11 Å². The Hall–Kier alpha value is -2.41. The second-order valence-electron chi connectivity index (χ2n) is 4.01. The van der Waals surface area contributed by atoms with Crippen LogP contribution in [0.4, 0.5) is 0 Å². The Balaban J connectivity index is 2.62. The maximum Gasteiger partial charge on any atom is 0.141 e. The fraction of sp³-hybridized carbons (Fsp3) is 0.214. The lowest BCUT2D eigenvalue weighted by molar-refractivity contribution is 0.410. The van der Waals surface area contributed by atoms with Crippen molar-refractivity contribution in [1.29, 1.82) is 5.26 Å². The van der Waals surface area contributed by atoms with E-state index in [0.29, 0.717) is 5.69 Å². The second-order valence-corrected chi connectivity index (χ2v) is 4.01. The van der Waals surface area contributed by atoms with Crippen LogP contribution in [0.3, 0.4) is 0 Å². The first-order chi connectivity index (χ1) is 8.65. The van der Waals surface area contributed by atoms with Gasteiger partial charge in [-0.2, -0.15) is 5.26 Å². The first kappa shape index (κ1) is 12.1. The molecule has 0 aliphatic carbocycles. The Morgan fingerprint density at radius 2 is 2.00 bits per heavy atom. The maximum atomic E-state index is 8.95. The van der Waals surface area contributed by atoms with Gasteiger partial charge in [0.2, 0.25) is 0 Å². The molecule has 0 fully saturated rings. The summed E-state index contributed by atoms with van der Waals surface area (Å²) in [6.07, 6.45) is 3.45. The fourth-order valence-corrected chi connectivity index (χ4v) is 1.88. The van der Waals surface area contributed by atoms with Crippen molar-refractivity contribution in [1.82, 2.24) is 9.97 Å². The van der Waals surface area contributed by atoms with Gasteiger partial charge in [-0.15, -0.1) is 0 Å². The number of hydrogen-bond acceptors (Lipinski definition) is 4. The van der Waals surface area contributed by atoms with Gasteiger partial charge >= 0.3 is 0 Å². The van der Waals surface area contributed by atoms with Gasteiger partial charge in [-0.1, -0.05) is 0 Å². The van der Waals surface area contributed by atoms with Gasteiger partial charge in [-0.05, 0) is 31.5 Å². The highest BCUT2D eigenvalue weighted by Gasteiger charge is 2.09. The van der Waals surface area contributed by atoms with E-state index in [-0.39, 0.29) is 0 Å². The lowest BCUT2D eigenvalue weighted by Crippen LogP contribution is -1.94. The third kappa shape index (κ3) is 2.16. The smallest absolute Gasteiger partial charge is 0.141 e. The molecule has 0 aliphatic heterocycles. The average molecular weight is 239 g/mol. The summed E-state index contributed by atoms with van der Waals surface area (Å²) in [6, 6.07) is 5.76. The van der Waals surface area contributed by atoms with Gasteiger partial charge in [0.25, 0.3) is 0 Å². The highest BCUT2D eigenvalue weighted by molar-refractivity contribution is 5.69. The summed E-state index contributed by atoms with van der Waals surface area (Å²) in [6.45, 7) is 3.84. The van der Waals surface area contributed by atoms with E-state index in [1.54, 1.807) is 25.6 Å². The maximum absolute atomic E-state index is 8.95. The van der Waals surface area contributed by atoms with Gasteiger partial charge < -0.3 is 4.74 Å². The Labute approximate surface area is 106 Å². The summed E-state index contributed by atoms with van der Waals surface area (Å²) in [5.74, 6) is 0.737. The minimum absolute atomic E-state index is 0.409. The van der Waals surface area contributed by atoms with Crippen LogP contribution in [-0.4, -0.2) is 17.1 Å². The van der Waals surface area contributed by atoms with Gasteiger partial charge in [0.15, 0.2) is 0 Å².